The first-order valence-electron chi connectivity index (χ1n) is 6.52. The van der Waals surface area contributed by atoms with Gasteiger partial charge in [0.05, 0.1) is 17.4 Å². The second kappa shape index (κ2) is 8.20. The van der Waals surface area contributed by atoms with Gasteiger partial charge in [0, 0.05) is 24.5 Å². The van der Waals surface area contributed by atoms with Crippen LogP contribution in [0.1, 0.15) is 17.7 Å². The van der Waals surface area contributed by atoms with Gasteiger partial charge in [0.25, 0.3) is 0 Å². The summed E-state index contributed by atoms with van der Waals surface area (Å²) in [7, 11) is 1.84. The van der Waals surface area contributed by atoms with Gasteiger partial charge >= 0.3 is 0 Å². The topological polar surface area (TPSA) is 49.6 Å². The fourth-order valence-corrected chi connectivity index (χ4v) is 3.56. The minimum absolute atomic E-state index is 0. The standard InChI is InChI=1S/C13H20ClN3OS.ClH/c1-16(8-11-4-5-12(14)19-11)13(18)9-17-6-2-3-10(17)7-15;/h4-5,10H,2-3,6-9,15H2,1H3;1H. The molecule has 1 aromatic heterocycles. The fourth-order valence-electron chi connectivity index (χ4n) is 2.42. The Morgan fingerprint density at radius 2 is 2.35 bits per heavy atom. The molecule has 1 aliphatic rings. The zero-order valence-corrected chi connectivity index (χ0v) is 13.9. The van der Waals surface area contributed by atoms with Crippen molar-refractivity contribution in [2.75, 3.05) is 26.7 Å². The van der Waals surface area contributed by atoms with Gasteiger partial charge < -0.3 is 10.6 Å². The van der Waals surface area contributed by atoms with E-state index in [0.29, 0.717) is 25.7 Å². The van der Waals surface area contributed by atoms with E-state index < -0.39 is 0 Å². The molecule has 0 aliphatic carbocycles. The molecule has 1 unspecified atom stereocenters. The Balaban J connectivity index is 0.00000200. The molecule has 1 saturated heterocycles. The van der Waals surface area contributed by atoms with E-state index in [1.165, 1.54) is 11.3 Å². The van der Waals surface area contributed by atoms with Crippen LogP contribution in [-0.4, -0.2) is 48.4 Å². The van der Waals surface area contributed by atoms with Crippen LogP contribution >= 0.6 is 35.3 Å². The van der Waals surface area contributed by atoms with Crippen molar-refractivity contribution in [3.05, 3.63) is 21.3 Å². The minimum Gasteiger partial charge on any atom is -0.340 e. The first kappa shape index (κ1) is 17.7. The Bertz CT molecular complexity index is 441. The lowest BCUT2D eigenvalue weighted by Gasteiger charge is -2.25. The molecule has 4 nitrogen and oxygen atoms in total. The minimum atomic E-state index is 0. The summed E-state index contributed by atoms with van der Waals surface area (Å²) < 4.78 is 0.763. The van der Waals surface area contributed by atoms with Crippen molar-refractivity contribution < 1.29 is 4.79 Å². The van der Waals surface area contributed by atoms with Crippen molar-refractivity contribution in [1.29, 1.82) is 0 Å². The Morgan fingerprint density at radius 1 is 1.60 bits per heavy atom. The quantitative estimate of drug-likeness (QED) is 0.896. The summed E-state index contributed by atoms with van der Waals surface area (Å²) in [5, 5.41) is 0. The van der Waals surface area contributed by atoms with E-state index in [-0.39, 0.29) is 18.3 Å². The molecule has 7 heteroatoms. The van der Waals surface area contributed by atoms with Crippen LogP contribution in [0.2, 0.25) is 4.34 Å². The number of amides is 1. The highest BCUT2D eigenvalue weighted by molar-refractivity contribution is 7.16. The molecule has 1 fully saturated rings. The SMILES string of the molecule is CN(Cc1ccc(Cl)s1)C(=O)CN1CCCC1CN.Cl. The highest BCUT2D eigenvalue weighted by Crippen LogP contribution is 2.22. The molecule has 2 heterocycles. The first-order chi connectivity index (χ1) is 9.10. The van der Waals surface area contributed by atoms with Gasteiger partial charge in [-0.15, -0.1) is 23.7 Å². The van der Waals surface area contributed by atoms with E-state index in [2.05, 4.69) is 4.90 Å². The number of likely N-dealkylation sites (tertiary alicyclic amines) is 1. The molecule has 114 valence electrons. The maximum absolute atomic E-state index is 12.2. The number of carbonyl (C=O) groups excluding carboxylic acids is 1. The molecule has 1 amide bonds. The van der Waals surface area contributed by atoms with Crippen molar-refractivity contribution in [3.63, 3.8) is 0 Å². The Hall–Kier alpha value is -0.330. The summed E-state index contributed by atoms with van der Waals surface area (Å²) >= 11 is 7.41. The van der Waals surface area contributed by atoms with Crippen LogP contribution in [0.15, 0.2) is 12.1 Å². The van der Waals surface area contributed by atoms with Crippen LogP contribution in [0.3, 0.4) is 0 Å². The summed E-state index contributed by atoms with van der Waals surface area (Å²) in [5.74, 6) is 0.143. The zero-order valence-electron chi connectivity index (χ0n) is 11.5. The summed E-state index contributed by atoms with van der Waals surface area (Å²) in [6.45, 7) is 2.71. The second-order valence-corrected chi connectivity index (χ2v) is 6.76. The third kappa shape index (κ3) is 4.60. The highest BCUT2D eigenvalue weighted by Gasteiger charge is 2.26. The van der Waals surface area contributed by atoms with Crippen LogP contribution in [0.5, 0.6) is 0 Å². The molecular weight excluding hydrogens is 317 g/mol. The van der Waals surface area contributed by atoms with Gasteiger partial charge in [0.1, 0.15) is 0 Å². The van der Waals surface area contributed by atoms with Crippen LogP contribution in [0.25, 0.3) is 0 Å². The van der Waals surface area contributed by atoms with Crippen molar-refractivity contribution in [1.82, 2.24) is 9.80 Å². The third-order valence-corrected chi connectivity index (χ3v) is 4.77. The normalized spacial score (nSPS) is 18.9. The molecule has 1 aromatic rings. The van der Waals surface area contributed by atoms with Crippen LogP contribution in [0.4, 0.5) is 0 Å². The molecule has 1 aliphatic heterocycles. The molecule has 2 N–H and O–H groups in total. The number of likely N-dealkylation sites (N-methyl/N-ethyl adjacent to an activating group) is 1. The number of thiophene rings is 1. The van der Waals surface area contributed by atoms with Crippen LogP contribution < -0.4 is 5.73 Å². The van der Waals surface area contributed by atoms with Crippen molar-refractivity contribution in [2.24, 2.45) is 5.73 Å². The summed E-state index contributed by atoms with van der Waals surface area (Å²) in [4.78, 5) is 17.2. The molecule has 0 radical (unpaired) electrons. The number of hydrogen-bond acceptors (Lipinski definition) is 4. The molecular formula is C13H21Cl2N3OS. The molecule has 20 heavy (non-hydrogen) atoms. The highest BCUT2D eigenvalue weighted by atomic mass is 35.5. The Morgan fingerprint density at radius 3 is 2.95 bits per heavy atom. The van der Waals surface area contributed by atoms with E-state index >= 15 is 0 Å². The van der Waals surface area contributed by atoms with Gasteiger partial charge in [0.15, 0.2) is 0 Å². The lowest BCUT2D eigenvalue weighted by atomic mass is 10.2. The fraction of sp³-hybridized carbons (Fsp3) is 0.615. The van der Waals surface area contributed by atoms with Crippen molar-refractivity contribution in [3.8, 4) is 0 Å². The number of rotatable bonds is 5. The van der Waals surface area contributed by atoms with E-state index in [9.17, 15) is 4.79 Å². The van der Waals surface area contributed by atoms with Gasteiger partial charge in [-0.05, 0) is 31.5 Å². The van der Waals surface area contributed by atoms with E-state index in [4.69, 9.17) is 17.3 Å². The molecule has 0 saturated carbocycles. The first-order valence-corrected chi connectivity index (χ1v) is 7.72. The van der Waals surface area contributed by atoms with E-state index in [1.54, 1.807) is 4.90 Å². The van der Waals surface area contributed by atoms with Gasteiger partial charge in [0.2, 0.25) is 5.91 Å². The molecule has 0 bridgehead atoms. The van der Waals surface area contributed by atoms with Gasteiger partial charge in [-0.1, -0.05) is 11.6 Å². The number of carbonyl (C=O) groups is 1. The lowest BCUT2D eigenvalue weighted by Crippen LogP contribution is -2.42. The second-order valence-electron chi connectivity index (χ2n) is 4.96. The molecule has 0 aromatic carbocycles. The van der Waals surface area contributed by atoms with Gasteiger partial charge in [-0.2, -0.15) is 0 Å². The molecule has 0 spiro atoms. The largest absolute Gasteiger partial charge is 0.340 e. The van der Waals surface area contributed by atoms with Crippen LogP contribution in [0, 0.1) is 0 Å². The predicted molar refractivity (Wildman–Crippen MR) is 86.7 cm³/mol. The maximum Gasteiger partial charge on any atom is 0.236 e. The smallest absolute Gasteiger partial charge is 0.236 e. The predicted octanol–water partition coefficient (Wildman–Crippen LogP) is 2.20. The van der Waals surface area contributed by atoms with Crippen molar-refractivity contribution in [2.45, 2.75) is 25.4 Å². The zero-order chi connectivity index (χ0) is 13.8. The number of hydrogen-bond donors (Lipinski definition) is 1. The number of nitrogens with zero attached hydrogens (tertiary/aromatic N) is 2. The average Bonchev–Trinajstić information content (AvgIpc) is 2.98. The lowest BCUT2D eigenvalue weighted by molar-refractivity contribution is -0.131. The Kier molecular flexibility index (Phi) is 7.26. The monoisotopic (exact) mass is 337 g/mol. The Labute approximate surface area is 135 Å². The van der Waals surface area contributed by atoms with E-state index in [1.807, 2.05) is 19.2 Å². The molecule has 1 atom stereocenters. The van der Waals surface area contributed by atoms with Gasteiger partial charge in [-0.3, -0.25) is 9.69 Å². The van der Waals surface area contributed by atoms with E-state index in [0.717, 1.165) is 28.6 Å². The summed E-state index contributed by atoms with van der Waals surface area (Å²) in [6.07, 6.45) is 2.24. The number of halogens is 2. The molecule has 2 rings (SSSR count). The number of nitrogens with two attached hydrogens (primary N) is 1. The van der Waals surface area contributed by atoms with Gasteiger partial charge in [-0.25, -0.2) is 0 Å². The maximum atomic E-state index is 12.2. The third-order valence-electron chi connectivity index (χ3n) is 3.56. The average molecular weight is 338 g/mol. The summed E-state index contributed by atoms with van der Waals surface area (Å²) in [6, 6.07) is 4.20. The van der Waals surface area contributed by atoms with Crippen LogP contribution in [-0.2, 0) is 11.3 Å². The summed E-state index contributed by atoms with van der Waals surface area (Å²) in [5.41, 5.74) is 5.72. The van der Waals surface area contributed by atoms with Crippen molar-refractivity contribution >= 4 is 41.3 Å².